The molecule has 2 aromatic rings. The van der Waals surface area contributed by atoms with Gasteiger partial charge in [0, 0.05) is 11.8 Å². The standard InChI is InChI=1S/C21H25NO3/c1-5-17-8-6-7-9-18(17)22-21(23)13-11-16-10-12-19(25-15(2)3)20(14-16)24-4/h6-15H,5H2,1-4H3,(H,22,23)/b13-11+. The highest BCUT2D eigenvalue weighted by molar-refractivity contribution is 6.02. The van der Waals surface area contributed by atoms with Crippen LogP contribution in [-0.4, -0.2) is 19.1 Å². The summed E-state index contributed by atoms with van der Waals surface area (Å²) in [4.78, 5) is 12.2. The van der Waals surface area contributed by atoms with Crippen LogP contribution in [0.3, 0.4) is 0 Å². The molecule has 0 aliphatic rings. The Labute approximate surface area is 149 Å². The molecule has 0 atom stereocenters. The second kappa shape index (κ2) is 8.92. The number of hydrogen-bond acceptors (Lipinski definition) is 3. The first-order chi connectivity index (χ1) is 12.0. The quantitative estimate of drug-likeness (QED) is 0.744. The highest BCUT2D eigenvalue weighted by Gasteiger charge is 2.07. The number of carbonyl (C=O) groups excluding carboxylic acids is 1. The number of benzene rings is 2. The van der Waals surface area contributed by atoms with E-state index in [1.54, 1.807) is 13.2 Å². The molecule has 0 aliphatic heterocycles. The molecule has 0 unspecified atom stereocenters. The van der Waals surface area contributed by atoms with Crippen molar-refractivity contribution in [2.24, 2.45) is 0 Å². The van der Waals surface area contributed by atoms with E-state index in [1.807, 2.05) is 56.3 Å². The van der Waals surface area contributed by atoms with E-state index in [9.17, 15) is 4.79 Å². The van der Waals surface area contributed by atoms with Gasteiger partial charge in [-0.15, -0.1) is 0 Å². The molecule has 2 aromatic carbocycles. The van der Waals surface area contributed by atoms with E-state index in [1.165, 1.54) is 6.08 Å². The Hall–Kier alpha value is -2.75. The van der Waals surface area contributed by atoms with Gasteiger partial charge in [0.2, 0.25) is 5.91 Å². The summed E-state index contributed by atoms with van der Waals surface area (Å²) < 4.78 is 11.1. The topological polar surface area (TPSA) is 47.6 Å². The molecule has 132 valence electrons. The van der Waals surface area contributed by atoms with Crippen molar-refractivity contribution in [1.82, 2.24) is 0 Å². The van der Waals surface area contributed by atoms with Crippen molar-refractivity contribution in [3.05, 3.63) is 59.7 Å². The molecule has 0 aliphatic carbocycles. The van der Waals surface area contributed by atoms with Crippen LogP contribution in [0.15, 0.2) is 48.5 Å². The molecular formula is C21H25NO3. The SMILES string of the molecule is CCc1ccccc1NC(=O)/C=C/c1ccc(OC(C)C)c(OC)c1. The van der Waals surface area contributed by atoms with E-state index >= 15 is 0 Å². The summed E-state index contributed by atoms with van der Waals surface area (Å²) in [5, 5.41) is 2.92. The fourth-order valence-corrected chi connectivity index (χ4v) is 2.44. The molecule has 0 saturated heterocycles. The summed E-state index contributed by atoms with van der Waals surface area (Å²) in [5.74, 6) is 1.17. The molecule has 0 spiro atoms. The summed E-state index contributed by atoms with van der Waals surface area (Å²) in [6, 6.07) is 13.4. The van der Waals surface area contributed by atoms with Crippen molar-refractivity contribution < 1.29 is 14.3 Å². The highest BCUT2D eigenvalue weighted by Crippen LogP contribution is 2.29. The van der Waals surface area contributed by atoms with Crippen LogP contribution >= 0.6 is 0 Å². The van der Waals surface area contributed by atoms with E-state index in [4.69, 9.17) is 9.47 Å². The number of carbonyl (C=O) groups is 1. The zero-order valence-corrected chi connectivity index (χ0v) is 15.2. The average molecular weight is 339 g/mol. The van der Waals surface area contributed by atoms with E-state index in [0.717, 1.165) is 23.2 Å². The predicted octanol–water partition coefficient (Wildman–Crippen LogP) is 4.70. The summed E-state index contributed by atoms with van der Waals surface area (Å²) in [6.45, 7) is 5.99. The molecule has 0 bridgehead atoms. The van der Waals surface area contributed by atoms with Crippen molar-refractivity contribution >= 4 is 17.7 Å². The van der Waals surface area contributed by atoms with Crippen LogP contribution in [0, 0.1) is 0 Å². The first-order valence-corrected chi connectivity index (χ1v) is 8.45. The van der Waals surface area contributed by atoms with Crippen molar-refractivity contribution in [3.63, 3.8) is 0 Å². The first kappa shape index (κ1) is 18.6. The van der Waals surface area contributed by atoms with Crippen molar-refractivity contribution in [2.75, 3.05) is 12.4 Å². The summed E-state index contributed by atoms with van der Waals surface area (Å²) in [7, 11) is 1.60. The van der Waals surface area contributed by atoms with Gasteiger partial charge >= 0.3 is 0 Å². The van der Waals surface area contributed by atoms with Crippen molar-refractivity contribution in [3.8, 4) is 11.5 Å². The van der Waals surface area contributed by atoms with Crippen LogP contribution in [0.4, 0.5) is 5.69 Å². The van der Waals surface area contributed by atoms with Gasteiger partial charge in [0.15, 0.2) is 11.5 Å². The van der Waals surface area contributed by atoms with Crippen LogP contribution in [0.5, 0.6) is 11.5 Å². The number of anilines is 1. The number of amides is 1. The smallest absolute Gasteiger partial charge is 0.248 e. The Kier molecular flexibility index (Phi) is 6.63. The lowest BCUT2D eigenvalue weighted by Gasteiger charge is -2.13. The second-order valence-electron chi connectivity index (χ2n) is 5.91. The van der Waals surface area contributed by atoms with Crippen LogP contribution in [0.25, 0.3) is 6.08 Å². The monoisotopic (exact) mass is 339 g/mol. The molecule has 1 N–H and O–H groups in total. The van der Waals surface area contributed by atoms with Crippen molar-refractivity contribution in [2.45, 2.75) is 33.3 Å². The van der Waals surface area contributed by atoms with Crippen LogP contribution < -0.4 is 14.8 Å². The highest BCUT2D eigenvalue weighted by atomic mass is 16.5. The molecule has 25 heavy (non-hydrogen) atoms. The van der Waals surface area contributed by atoms with Gasteiger partial charge in [0.25, 0.3) is 0 Å². The van der Waals surface area contributed by atoms with E-state index in [2.05, 4.69) is 12.2 Å². The second-order valence-corrected chi connectivity index (χ2v) is 5.91. The number of methoxy groups -OCH3 is 1. The zero-order chi connectivity index (χ0) is 18.2. The average Bonchev–Trinajstić information content (AvgIpc) is 2.60. The maximum atomic E-state index is 12.2. The molecule has 0 fully saturated rings. The minimum absolute atomic E-state index is 0.0692. The largest absolute Gasteiger partial charge is 0.493 e. The number of aryl methyl sites for hydroxylation is 1. The van der Waals surface area contributed by atoms with Gasteiger partial charge in [0.1, 0.15) is 0 Å². The number of hydrogen-bond donors (Lipinski definition) is 1. The third-order valence-corrected chi connectivity index (χ3v) is 3.63. The van der Waals surface area contributed by atoms with Gasteiger partial charge < -0.3 is 14.8 Å². The third-order valence-electron chi connectivity index (χ3n) is 3.63. The summed E-state index contributed by atoms with van der Waals surface area (Å²) >= 11 is 0. The lowest BCUT2D eigenvalue weighted by atomic mass is 10.1. The van der Waals surface area contributed by atoms with Crippen LogP contribution in [-0.2, 0) is 11.2 Å². The number of nitrogens with one attached hydrogen (secondary N) is 1. The molecule has 2 rings (SSSR count). The lowest BCUT2D eigenvalue weighted by Crippen LogP contribution is -2.09. The van der Waals surface area contributed by atoms with Gasteiger partial charge in [-0.2, -0.15) is 0 Å². The Morgan fingerprint density at radius 1 is 1.16 bits per heavy atom. The predicted molar refractivity (Wildman–Crippen MR) is 102 cm³/mol. The van der Waals surface area contributed by atoms with Gasteiger partial charge in [-0.3, -0.25) is 4.79 Å². The summed E-state index contributed by atoms with van der Waals surface area (Å²) in [5.41, 5.74) is 2.82. The Morgan fingerprint density at radius 3 is 2.60 bits per heavy atom. The molecule has 0 heterocycles. The Balaban J connectivity index is 2.09. The van der Waals surface area contributed by atoms with Gasteiger partial charge in [-0.25, -0.2) is 0 Å². The fraction of sp³-hybridized carbons (Fsp3) is 0.286. The minimum atomic E-state index is -0.164. The summed E-state index contributed by atoms with van der Waals surface area (Å²) in [6.07, 6.45) is 4.21. The molecule has 0 saturated carbocycles. The van der Waals surface area contributed by atoms with Gasteiger partial charge in [-0.1, -0.05) is 31.2 Å². The zero-order valence-electron chi connectivity index (χ0n) is 15.2. The van der Waals surface area contributed by atoms with Gasteiger partial charge in [0.05, 0.1) is 13.2 Å². The number of ether oxygens (including phenoxy) is 2. The molecule has 1 amide bonds. The molecular weight excluding hydrogens is 314 g/mol. The lowest BCUT2D eigenvalue weighted by molar-refractivity contribution is -0.111. The number of para-hydroxylation sites is 1. The van der Waals surface area contributed by atoms with Crippen LogP contribution in [0.2, 0.25) is 0 Å². The maximum Gasteiger partial charge on any atom is 0.248 e. The number of rotatable bonds is 7. The van der Waals surface area contributed by atoms with Gasteiger partial charge in [-0.05, 0) is 55.7 Å². The van der Waals surface area contributed by atoms with E-state index < -0.39 is 0 Å². The molecule has 0 aromatic heterocycles. The maximum absolute atomic E-state index is 12.2. The van der Waals surface area contributed by atoms with Crippen molar-refractivity contribution in [1.29, 1.82) is 0 Å². The molecule has 4 nitrogen and oxygen atoms in total. The molecule has 4 heteroatoms. The van der Waals surface area contributed by atoms with Crippen LogP contribution in [0.1, 0.15) is 31.9 Å². The molecule has 0 radical (unpaired) electrons. The van der Waals surface area contributed by atoms with E-state index in [0.29, 0.717) is 11.5 Å². The Morgan fingerprint density at radius 2 is 1.92 bits per heavy atom. The van der Waals surface area contributed by atoms with E-state index in [-0.39, 0.29) is 12.0 Å². The normalized spacial score (nSPS) is 10.9. The first-order valence-electron chi connectivity index (χ1n) is 8.45. The third kappa shape index (κ3) is 5.38. The fourth-order valence-electron chi connectivity index (χ4n) is 2.44. The minimum Gasteiger partial charge on any atom is -0.493 e. The Bertz CT molecular complexity index is 751.